The van der Waals surface area contributed by atoms with E-state index in [9.17, 15) is 4.79 Å². The van der Waals surface area contributed by atoms with E-state index in [4.69, 9.17) is 4.74 Å². The van der Waals surface area contributed by atoms with Gasteiger partial charge in [0.25, 0.3) is 5.91 Å². The normalized spacial score (nSPS) is 20.1. The number of thiol groups is 1. The van der Waals surface area contributed by atoms with E-state index in [1.165, 1.54) is 0 Å². The maximum atomic E-state index is 11.3. The first kappa shape index (κ1) is 8.37. The lowest BCUT2D eigenvalue weighted by Crippen LogP contribution is -2.38. The van der Waals surface area contributed by atoms with Crippen LogP contribution in [0.25, 0.3) is 0 Å². The molecule has 0 saturated heterocycles. The van der Waals surface area contributed by atoms with Crippen molar-refractivity contribution in [2.75, 3.05) is 11.1 Å². The van der Waals surface area contributed by atoms with Gasteiger partial charge in [-0.25, -0.2) is 4.98 Å². The Balaban J connectivity index is 2.33. The summed E-state index contributed by atoms with van der Waals surface area (Å²) in [6, 6.07) is 3.52. The third-order valence-corrected chi connectivity index (χ3v) is 2.07. The van der Waals surface area contributed by atoms with E-state index in [-0.39, 0.29) is 5.91 Å². The van der Waals surface area contributed by atoms with Crippen molar-refractivity contribution in [1.29, 1.82) is 0 Å². The lowest BCUT2D eigenvalue weighted by molar-refractivity contribution is -0.122. The Morgan fingerprint density at radius 2 is 2.54 bits per heavy atom. The van der Waals surface area contributed by atoms with Gasteiger partial charge in [-0.3, -0.25) is 4.79 Å². The van der Waals surface area contributed by atoms with Crippen LogP contribution in [0.4, 0.5) is 5.82 Å². The fourth-order valence-electron chi connectivity index (χ4n) is 1.10. The summed E-state index contributed by atoms with van der Waals surface area (Å²) in [5.41, 5.74) is 0. The van der Waals surface area contributed by atoms with Gasteiger partial charge in [0.2, 0.25) is 0 Å². The fourth-order valence-corrected chi connectivity index (χ4v) is 1.34. The second-order valence-corrected chi connectivity index (χ2v) is 2.99. The quantitative estimate of drug-likeness (QED) is 0.650. The van der Waals surface area contributed by atoms with Gasteiger partial charge in [-0.05, 0) is 12.1 Å². The predicted molar refractivity (Wildman–Crippen MR) is 51.1 cm³/mol. The van der Waals surface area contributed by atoms with Crippen molar-refractivity contribution in [3.05, 3.63) is 18.3 Å². The number of amides is 1. The molecule has 1 atom stereocenters. The van der Waals surface area contributed by atoms with Crippen LogP contribution in [-0.4, -0.2) is 22.7 Å². The van der Waals surface area contributed by atoms with Crippen LogP contribution in [-0.2, 0) is 4.79 Å². The Morgan fingerprint density at radius 1 is 1.69 bits per heavy atom. The summed E-state index contributed by atoms with van der Waals surface area (Å²) in [5.74, 6) is 1.24. The van der Waals surface area contributed by atoms with Crippen molar-refractivity contribution in [3.63, 3.8) is 0 Å². The molecule has 0 spiro atoms. The molecule has 4 nitrogen and oxygen atoms in total. The number of nitrogens with zero attached hydrogens (tertiary/aromatic N) is 1. The second kappa shape index (κ2) is 3.26. The molecule has 0 radical (unpaired) electrons. The Morgan fingerprint density at radius 3 is 3.31 bits per heavy atom. The van der Waals surface area contributed by atoms with E-state index in [0.29, 0.717) is 17.3 Å². The van der Waals surface area contributed by atoms with Crippen molar-refractivity contribution in [2.24, 2.45) is 0 Å². The molecule has 1 aromatic heterocycles. The molecule has 13 heavy (non-hydrogen) atoms. The summed E-state index contributed by atoms with van der Waals surface area (Å²) in [6.07, 6.45) is 1.09. The van der Waals surface area contributed by atoms with Crippen molar-refractivity contribution < 1.29 is 9.53 Å². The van der Waals surface area contributed by atoms with Gasteiger partial charge in [0, 0.05) is 11.9 Å². The number of fused-ring (bicyclic) bond motifs is 1. The zero-order valence-electron chi connectivity index (χ0n) is 6.73. The zero-order chi connectivity index (χ0) is 9.26. The van der Waals surface area contributed by atoms with Gasteiger partial charge in [0.05, 0.1) is 0 Å². The summed E-state index contributed by atoms with van der Waals surface area (Å²) in [5, 5.41) is 2.64. The molecule has 1 unspecified atom stereocenters. The third-order valence-electron chi connectivity index (χ3n) is 1.74. The SMILES string of the molecule is O=C1Nc2ncccc2OC1CS. The smallest absolute Gasteiger partial charge is 0.267 e. The lowest BCUT2D eigenvalue weighted by Gasteiger charge is -2.23. The highest BCUT2D eigenvalue weighted by molar-refractivity contribution is 7.80. The number of anilines is 1. The van der Waals surface area contributed by atoms with Gasteiger partial charge >= 0.3 is 0 Å². The highest BCUT2D eigenvalue weighted by atomic mass is 32.1. The molecule has 1 N–H and O–H groups in total. The molecule has 1 aliphatic heterocycles. The first-order chi connectivity index (χ1) is 6.31. The molecular formula is C8H8N2O2S. The van der Waals surface area contributed by atoms with Crippen LogP contribution in [0.3, 0.4) is 0 Å². The lowest BCUT2D eigenvalue weighted by atomic mass is 10.3. The van der Waals surface area contributed by atoms with Crippen molar-refractivity contribution >= 4 is 24.4 Å². The van der Waals surface area contributed by atoms with Gasteiger partial charge < -0.3 is 10.1 Å². The van der Waals surface area contributed by atoms with Crippen LogP contribution >= 0.6 is 12.6 Å². The van der Waals surface area contributed by atoms with Crippen molar-refractivity contribution in [2.45, 2.75) is 6.10 Å². The first-order valence-corrected chi connectivity index (χ1v) is 4.48. The van der Waals surface area contributed by atoms with E-state index < -0.39 is 6.10 Å². The predicted octanol–water partition coefficient (Wildman–Crippen LogP) is 0.711. The second-order valence-electron chi connectivity index (χ2n) is 2.63. The average Bonchev–Trinajstić information content (AvgIpc) is 2.17. The molecule has 5 heteroatoms. The first-order valence-electron chi connectivity index (χ1n) is 3.84. The molecule has 0 fully saturated rings. The van der Waals surface area contributed by atoms with Crippen molar-refractivity contribution in [1.82, 2.24) is 4.98 Å². The molecule has 0 saturated carbocycles. The molecule has 1 aliphatic rings. The number of pyridine rings is 1. The number of hydrogen-bond acceptors (Lipinski definition) is 4. The van der Waals surface area contributed by atoms with E-state index >= 15 is 0 Å². The summed E-state index contributed by atoms with van der Waals surface area (Å²) in [6.45, 7) is 0. The molecule has 1 amide bonds. The molecular weight excluding hydrogens is 188 g/mol. The summed E-state index contributed by atoms with van der Waals surface area (Å²) < 4.78 is 5.34. The Hall–Kier alpha value is -1.23. The van der Waals surface area contributed by atoms with Crippen LogP contribution < -0.4 is 10.1 Å². The average molecular weight is 196 g/mol. The van der Waals surface area contributed by atoms with Crippen LogP contribution in [0.15, 0.2) is 18.3 Å². The molecule has 0 bridgehead atoms. The number of carbonyl (C=O) groups excluding carboxylic acids is 1. The molecule has 1 aromatic rings. The Labute approximate surface area is 80.7 Å². The van der Waals surface area contributed by atoms with Gasteiger partial charge in [-0.1, -0.05) is 0 Å². The molecule has 0 aromatic carbocycles. The largest absolute Gasteiger partial charge is 0.476 e. The summed E-state index contributed by atoms with van der Waals surface area (Å²) in [7, 11) is 0. The van der Waals surface area contributed by atoms with Gasteiger partial charge in [-0.2, -0.15) is 12.6 Å². The highest BCUT2D eigenvalue weighted by Gasteiger charge is 2.26. The van der Waals surface area contributed by atoms with E-state index in [1.807, 2.05) is 0 Å². The molecule has 68 valence electrons. The van der Waals surface area contributed by atoms with Crippen LogP contribution in [0, 0.1) is 0 Å². The van der Waals surface area contributed by atoms with Crippen LogP contribution in [0.1, 0.15) is 0 Å². The minimum absolute atomic E-state index is 0.193. The monoisotopic (exact) mass is 196 g/mol. The van der Waals surface area contributed by atoms with Crippen molar-refractivity contribution in [3.8, 4) is 5.75 Å². The maximum absolute atomic E-state index is 11.3. The number of rotatable bonds is 1. The number of carbonyl (C=O) groups is 1. The number of ether oxygens (including phenoxy) is 1. The molecule has 2 rings (SSSR count). The van der Waals surface area contributed by atoms with Gasteiger partial charge in [-0.15, -0.1) is 0 Å². The van der Waals surface area contributed by atoms with E-state index in [2.05, 4.69) is 22.9 Å². The summed E-state index contributed by atoms with van der Waals surface area (Å²) in [4.78, 5) is 15.2. The zero-order valence-corrected chi connectivity index (χ0v) is 7.62. The Kier molecular flexibility index (Phi) is 2.10. The van der Waals surface area contributed by atoms with Gasteiger partial charge in [0.15, 0.2) is 17.7 Å². The van der Waals surface area contributed by atoms with E-state index in [0.717, 1.165) is 0 Å². The van der Waals surface area contributed by atoms with Gasteiger partial charge in [0.1, 0.15) is 0 Å². The maximum Gasteiger partial charge on any atom is 0.267 e. The van der Waals surface area contributed by atoms with E-state index in [1.54, 1.807) is 18.3 Å². The fraction of sp³-hybridized carbons (Fsp3) is 0.250. The number of aromatic nitrogens is 1. The number of hydrogen-bond donors (Lipinski definition) is 2. The minimum Gasteiger partial charge on any atom is -0.476 e. The van der Waals surface area contributed by atoms with Crippen LogP contribution in [0.5, 0.6) is 5.75 Å². The highest BCUT2D eigenvalue weighted by Crippen LogP contribution is 2.26. The topological polar surface area (TPSA) is 51.2 Å². The number of nitrogens with one attached hydrogen (secondary N) is 1. The minimum atomic E-state index is -0.514. The third kappa shape index (κ3) is 1.47. The summed E-state index contributed by atoms with van der Waals surface area (Å²) >= 11 is 4.01. The Bertz CT molecular complexity index is 343. The molecule has 2 heterocycles. The van der Waals surface area contributed by atoms with Crippen LogP contribution in [0.2, 0.25) is 0 Å². The molecule has 0 aliphatic carbocycles. The standard InChI is InChI=1S/C8H8N2O2S/c11-8-6(4-13)12-5-2-1-3-9-7(5)10-8/h1-3,6,13H,4H2,(H,9,10,11).